The fourth-order valence-corrected chi connectivity index (χ4v) is 3.75. The fourth-order valence-electron chi connectivity index (χ4n) is 3.75. The molecule has 1 aromatic carbocycles. The van der Waals surface area contributed by atoms with Crippen molar-refractivity contribution >= 4 is 0 Å². The Labute approximate surface area is 130 Å². The molecule has 0 radical (unpaired) electrons. The smallest absolute Gasteiger partial charge is 0.0570 e. The summed E-state index contributed by atoms with van der Waals surface area (Å²) >= 11 is 0. The van der Waals surface area contributed by atoms with Crippen molar-refractivity contribution in [3.05, 3.63) is 35.4 Å². The predicted molar refractivity (Wildman–Crippen MR) is 91.5 cm³/mol. The lowest BCUT2D eigenvalue weighted by Crippen LogP contribution is -2.54. The zero-order valence-electron chi connectivity index (χ0n) is 14.1. The first-order chi connectivity index (χ1) is 10.2. The van der Waals surface area contributed by atoms with E-state index in [1.165, 1.54) is 49.9 Å². The van der Waals surface area contributed by atoms with E-state index in [4.69, 9.17) is 5.73 Å². The summed E-state index contributed by atoms with van der Waals surface area (Å²) in [5.74, 6) is 0. The number of nitrogens with two attached hydrogens (primary N) is 1. The quantitative estimate of drug-likeness (QED) is 0.781. The van der Waals surface area contributed by atoms with Crippen LogP contribution in [-0.2, 0) is 12.0 Å². The van der Waals surface area contributed by atoms with Crippen LogP contribution in [0.25, 0.3) is 0 Å². The lowest BCUT2D eigenvalue weighted by molar-refractivity contribution is 0.123. The fraction of sp³-hybridized carbons (Fsp3) is 0.684. The molecule has 2 rings (SSSR count). The molecule has 2 heteroatoms. The van der Waals surface area contributed by atoms with Crippen molar-refractivity contribution in [2.24, 2.45) is 5.73 Å². The summed E-state index contributed by atoms with van der Waals surface area (Å²) in [6.45, 7) is 9.17. The molecule has 2 nitrogen and oxygen atoms in total. The highest BCUT2D eigenvalue weighted by Crippen LogP contribution is 2.40. The highest BCUT2D eigenvalue weighted by molar-refractivity contribution is 5.41. The summed E-state index contributed by atoms with van der Waals surface area (Å²) in [5.41, 5.74) is 9.60. The van der Waals surface area contributed by atoms with E-state index < -0.39 is 0 Å². The SMILES string of the molecule is CCCCN(CCCC)C1Cc2ccccc2C1(N)CC. The van der Waals surface area contributed by atoms with Gasteiger partial charge in [0, 0.05) is 6.04 Å². The number of benzene rings is 1. The van der Waals surface area contributed by atoms with Gasteiger partial charge >= 0.3 is 0 Å². The first-order valence-electron chi connectivity index (χ1n) is 8.78. The van der Waals surface area contributed by atoms with Crippen LogP contribution in [0.1, 0.15) is 64.0 Å². The molecule has 1 aliphatic carbocycles. The van der Waals surface area contributed by atoms with Crippen LogP contribution >= 0.6 is 0 Å². The highest BCUT2D eigenvalue weighted by Gasteiger charge is 2.44. The van der Waals surface area contributed by atoms with Gasteiger partial charge in [-0.15, -0.1) is 0 Å². The molecule has 0 heterocycles. The zero-order chi connectivity index (χ0) is 15.3. The summed E-state index contributed by atoms with van der Waals surface area (Å²) in [7, 11) is 0. The van der Waals surface area contributed by atoms with Crippen molar-refractivity contribution in [1.82, 2.24) is 4.90 Å². The summed E-state index contributed by atoms with van der Waals surface area (Å²) < 4.78 is 0. The van der Waals surface area contributed by atoms with Crippen LogP contribution in [0.15, 0.2) is 24.3 Å². The van der Waals surface area contributed by atoms with Crippen LogP contribution in [0.5, 0.6) is 0 Å². The third-order valence-corrected chi connectivity index (χ3v) is 5.15. The van der Waals surface area contributed by atoms with Gasteiger partial charge in [-0.3, -0.25) is 4.90 Å². The molecule has 0 spiro atoms. The Morgan fingerprint density at radius 2 is 1.71 bits per heavy atom. The zero-order valence-corrected chi connectivity index (χ0v) is 14.1. The number of hydrogen-bond acceptors (Lipinski definition) is 2. The molecule has 2 unspecified atom stereocenters. The van der Waals surface area contributed by atoms with Crippen LogP contribution in [0.3, 0.4) is 0 Å². The number of hydrogen-bond donors (Lipinski definition) is 1. The van der Waals surface area contributed by atoms with Gasteiger partial charge in [-0.05, 0) is 49.9 Å². The molecule has 2 atom stereocenters. The average Bonchev–Trinajstić information content (AvgIpc) is 2.82. The van der Waals surface area contributed by atoms with Crippen molar-refractivity contribution in [2.75, 3.05) is 13.1 Å². The molecule has 118 valence electrons. The van der Waals surface area contributed by atoms with Crippen molar-refractivity contribution in [3.8, 4) is 0 Å². The molecule has 0 bridgehead atoms. The molecule has 0 amide bonds. The van der Waals surface area contributed by atoms with E-state index in [1.54, 1.807) is 0 Å². The second-order valence-electron chi connectivity index (χ2n) is 6.51. The molecular formula is C19H32N2. The van der Waals surface area contributed by atoms with Gasteiger partial charge in [0.1, 0.15) is 0 Å². The van der Waals surface area contributed by atoms with E-state index in [1.807, 2.05) is 0 Å². The standard InChI is InChI=1S/C19H32N2/c1-4-7-13-21(14-8-5-2)18-15-16-11-9-10-12-17(16)19(18,20)6-3/h9-12,18H,4-8,13-15,20H2,1-3H3. The molecule has 1 aliphatic rings. The highest BCUT2D eigenvalue weighted by atomic mass is 15.2. The largest absolute Gasteiger partial charge is 0.320 e. The van der Waals surface area contributed by atoms with E-state index in [0.717, 1.165) is 12.8 Å². The maximum absolute atomic E-state index is 6.92. The molecule has 0 aliphatic heterocycles. The Bertz CT molecular complexity index is 435. The second-order valence-corrected chi connectivity index (χ2v) is 6.51. The summed E-state index contributed by atoms with van der Waals surface area (Å²) in [4.78, 5) is 2.68. The van der Waals surface area contributed by atoms with Crippen molar-refractivity contribution in [2.45, 2.75) is 70.9 Å². The Balaban J connectivity index is 2.24. The number of rotatable bonds is 8. The second kappa shape index (κ2) is 7.42. The first-order valence-corrected chi connectivity index (χ1v) is 8.78. The number of unbranched alkanes of at least 4 members (excludes halogenated alkanes) is 2. The van der Waals surface area contributed by atoms with Gasteiger partial charge in [-0.2, -0.15) is 0 Å². The molecule has 0 saturated carbocycles. The third kappa shape index (κ3) is 3.32. The number of nitrogens with zero attached hydrogens (tertiary/aromatic N) is 1. The van der Waals surface area contributed by atoms with Gasteiger partial charge < -0.3 is 5.73 Å². The molecule has 2 N–H and O–H groups in total. The minimum Gasteiger partial charge on any atom is -0.320 e. The van der Waals surface area contributed by atoms with Gasteiger partial charge in [-0.1, -0.05) is 57.9 Å². The predicted octanol–water partition coefficient (Wildman–Crippen LogP) is 4.08. The van der Waals surface area contributed by atoms with Gasteiger partial charge in [0.2, 0.25) is 0 Å². The Morgan fingerprint density at radius 1 is 1.10 bits per heavy atom. The van der Waals surface area contributed by atoms with Crippen molar-refractivity contribution < 1.29 is 0 Å². The molecule has 0 saturated heterocycles. The Morgan fingerprint density at radius 3 is 2.29 bits per heavy atom. The van der Waals surface area contributed by atoms with Crippen LogP contribution in [0.4, 0.5) is 0 Å². The van der Waals surface area contributed by atoms with Gasteiger partial charge in [-0.25, -0.2) is 0 Å². The lowest BCUT2D eigenvalue weighted by Gasteiger charge is -2.40. The minimum atomic E-state index is -0.169. The molecule has 0 fully saturated rings. The lowest BCUT2D eigenvalue weighted by atomic mass is 9.85. The van der Waals surface area contributed by atoms with E-state index in [9.17, 15) is 0 Å². The Hall–Kier alpha value is -0.860. The third-order valence-electron chi connectivity index (χ3n) is 5.15. The molecule has 21 heavy (non-hydrogen) atoms. The summed E-state index contributed by atoms with van der Waals surface area (Å²) in [6.07, 6.45) is 7.20. The first kappa shape index (κ1) is 16.5. The summed E-state index contributed by atoms with van der Waals surface area (Å²) in [6, 6.07) is 9.28. The maximum atomic E-state index is 6.92. The molecular weight excluding hydrogens is 256 g/mol. The van der Waals surface area contributed by atoms with Gasteiger partial charge in [0.15, 0.2) is 0 Å². The molecule has 1 aromatic rings. The number of fused-ring (bicyclic) bond motifs is 1. The normalized spacial score (nSPS) is 24.5. The van der Waals surface area contributed by atoms with Crippen LogP contribution < -0.4 is 5.73 Å². The van der Waals surface area contributed by atoms with E-state index >= 15 is 0 Å². The topological polar surface area (TPSA) is 29.3 Å². The van der Waals surface area contributed by atoms with Gasteiger partial charge in [0.25, 0.3) is 0 Å². The van der Waals surface area contributed by atoms with Crippen LogP contribution in [-0.4, -0.2) is 24.0 Å². The van der Waals surface area contributed by atoms with Gasteiger partial charge in [0.05, 0.1) is 5.54 Å². The maximum Gasteiger partial charge on any atom is 0.0570 e. The van der Waals surface area contributed by atoms with E-state index in [-0.39, 0.29) is 5.54 Å². The summed E-state index contributed by atoms with van der Waals surface area (Å²) in [5, 5.41) is 0. The van der Waals surface area contributed by atoms with E-state index in [2.05, 4.69) is 49.9 Å². The Kier molecular flexibility index (Phi) is 5.83. The molecule has 0 aromatic heterocycles. The van der Waals surface area contributed by atoms with Crippen LogP contribution in [0.2, 0.25) is 0 Å². The van der Waals surface area contributed by atoms with Crippen molar-refractivity contribution in [1.29, 1.82) is 0 Å². The monoisotopic (exact) mass is 288 g/mol. The average molecular weight is 288 g/mol. The van der Waals surface area contributed by atoms with Crippen molar-refractivity contribution in [3.63, 3.8) is 0 Å². The van der Waals surface area contributed by atoms with Crippen LogP contribution in [0, 0.1) is 0 Å². The van der Waals surface area contributed by atoms with E-state index in [0.29, 0.717) is 6.04 Å². The minimum absolute atomic E-state index is 0.169.